The number of aryl methyl sites for hydroxylation is 1. The van der Waals surface area contributed by atoms with Crippen molar-refractivity contribution in [2.75, 3.05) is 31.1 Å². The van der Waals surface area contributed by atoms with Crippen molar-refractivity contribution in [3.8, 4) is 17.1 Å². The lowest BCUT2D eigenvalue weighted by molar-refractivity contribution is 0.589. The van der Waals surface area contributed by atoms with E-state index in [1.165, 1.54) is 17.8 Å². The zero-order valence-electron chi connectivity index (χ0n) is 16.3. The van der Waals surface area contributed by atoms with Gasteiger partial charge in [0.05, 0.1) is 16.7 Å². The van der Waals surface area contributed by atoms with Gasteiger partial charge in [-0.15, -0.1) is 0 Å². The van der Waals surface area contributed by atoms with E-state index in [1.807, 2.05) is 25.3 Å². The fraction of sp³-hybridized carbons (Fsp3) is 0.217. The van der Waals surface area contributed by atoms with Crippen molar-refractivity contribution >= 4 is 16.7 Å². The molecule has 1 fully saturated rings. The van der Waals surface area contributed by atoms with Crippen LogP contribution >= 0.6 is 0 Å². The van der Waals surface area contributed by atoms with Gasteiger partial charge in [-0.3, -0.25) is 9.55 Å². The van der Waals surface area contributed by atoms with Crippen LogP contribution in [-0.4, -0.2) is 40.7 Å². The standard InChI is InChI=1S/C23H22FN5/c1-16-14-20(8-9-26-16)29-22-15-19(28-12-10-25-11-13-28)6-7-21(22)27-23(29)17-2-4-18(24)5-3-17/h2-9,14-15,25H,10-13H2,1H3. The van der Waals surface area contributed by atoms with Crippen LogP contribution < -0.4 is 10.2 Å². The van der Waals surface area contributed by atoms with Gasteiger partial charge in [0, 0.05) is 49.3 Å². The number of halogens is 1. The SMILES string of the molecule is Cc1cc(-n2c(-c3ccc(F)cc3)nc3ccc(N4CCNCC4)cc32)ccn1. The topological polar surface area (TPSA) is 46.0 Å². The van der Waals surface area contributed by atoms with Crippen molar-refractivity contribution in [1.29, 1.82) is 0 Å². The van der Waals surface area contributed by atoms with Crippen LogP contribution in [0.2, 0.25) is 0 Å². The Labute approximate surface area is 168 Å². The molecule has 5 rings (SSSR count). The van der Waals surface area contributed by atoms with Gasteiger partial charge in [-0.05, 0) is 61.5 Å². The number of fused-ring (bicyclic) bond motifs is 1. The average molecular weight is 387 g/mol. The van der Waals surface area contributed by atoms with Gasteiger partial charge >= 0.3 is 0 Å². The van der Waals surface area contributed by atoms with E-state index in [4.69, 9.17) is 4.98 Å². The molecule has 1 aliphatic heterocycles. The van der Waals surface area contributed by atoms with Gasteiger partial charge in [0.2, 0.25) is 0 Å². The highest BCUT2D eigenvalue weighted by Crippen LogP contribution is 2.31. The molecule has 0 bridgehead atoms. The summed E-state index contributed by atoms with van der Waals surface area (Å²) < 4.78 is 15.6. The molecule has 0 aliphatic carbocycles. The highest BCUT2D eigenvalue weighted by molar-refractivity contribution is 5.86. The lowest BCUT2D eigenvalue weighted by Crippen LogP contribution is -2.43. The average Bonchev–Trinajstić information content (AvgIpc) is 3.13. The molecule has 0 radical (unpaired) electrons. The third kappa shape index (κ3) is 3.36. The summed E-state index contributed by atoms with van der Waals surface area (Å²) in [6.07, 6.45) is 1.81. The van der Waals surface area contributed by atoms with Crippen LogP contribution in [0.3, 0.4) is 0 Å². The number of nitrogens with zero attached hydrogens (tertiary/aromatic N) is 4. The second kappa shape index (κ2) is 7.29. The second-order valence-electron chi connectivity index (χ2n) is 7.34. The maximum Gasteiger partial charge on any atom is 0.145 e. The van der Waals surface area contributed by atoms with Crippen molar-refractivity contribution < 1.29 is 4.39 Å². The van der Waals surface area contributed by atoms with E-state index >= 15 is 0 Å². The van der Waals surface area contributed by atoms with Crippen molar-refractivity contribution in [2.45, 2.75) is 6.92 Å². The third-order valence-corrected chi connectivity index (χ3v) is 5.36. The molecule has 0 unspecified atom stereocenters. The first-order valence-electron chi connectivity index (χ1n) is 9.86. The normalized spacial score (nSPS) is 14.5. The minimum atomic E-state index is -0.253. The molecule has 6 heteroatoms. The third-order valence-electron chi connectivity index (χ3n) is 5.36. The van der Waals surface area contributed by atoms with Crippen LogP contribution in [0.5, 0.6) is 0 Å². The van der Waals surface area contributed by atoms with Crippen molar-refractivity contribution in [3.63, 3.8) is 0 Å². The molecule has 0 saturated carbocycles. The van der Waals surface area contributed by atoms with Crippen LogP contribution in [0.4, 0.5) is 10.1 Å². The summed E-state index contributed by atoms with van der Waals surface area (Å²) in [6.45, 7) is 5.92. The molecule has 1 N–H and O–H groups in total. The first kappa shape index (κ1) is 17.8. The summed E-state index contributed by atoms with van der Waals surface area (Å²) in [6, 6.07) is 16.9. The highest BCUT2D eigenvalue weighted by Gasteiger charge is 2.17. The zero-order valence-corrected chi connectivity index (χ0v) is 16.3. The van der Waals surface area contributed by atoms with Crippen LogP contribution in [-0.2, 0) is 0 Å². The van der Waals surface area contributed by atoms with E-state index in [2.05, 4.69) is 38.0 Å². The van der Waals surface area contributed by atoms with E-state index < -0.39 is 0 Å². The Morgan fingerprint density at radius 1 is 0.931 bits per heavy atom. The number of aromatic nitrogens is 3. The first-order valence-corrected chi connectivity index (χ1v) is 9.86. The van der Waals surface area contributed by atoms with Gasteiger partial charge in [0.1, 0.15) is 11.6 Å². The zero-order chi connectivity index (χ0) is 19.8. The molecule has 0 spiro atoms. The molecule has 29 heavy (non-hydrogen) atoms. The minimum Gasteiger partial charge on any atom is -0.369 e. The summed E-state index contributed by atoms with van der Waals surface area (Å²) in [5.74, 6) is 0.542. The summed E-state index contributed by atoms with van der Waals surface area (Å²) in [5, 5.41) is 3.40. The predicted octanol–water partition coefficient (Wildman–Crippen LogP) is 3.94. The number of pyridine rings is 1. The lowest BCUT2D eigenvalue weighted by Gasteiger charge is -2.29. The maximum atomic E-state index is 13.5. The Balaban J connectivity index is 1.73. The van der Waals surface area contributed by atoms with Crippen molar-refractivity contribution in [3.05, 3.63) is 72.3 Å². The Bertz CT molecular complexity index is 1160. The second-order valence-corrected chi connectivity index (χ2v) is 7.34. The highest BCUT2D eigenvalue weighted by atomic mass is 19.1. The molecule has 0 atom stereocenters. The number of rotatable bonds is 3. The molecule has 3 heterocycles. The van der Waals surface area contributed by atoms with Gasteiger partial charge in [0.15, 0.2) is 0 Å². The molecule has 1 saturated heterocycles. The lowest BCUT2D eigenvalue weighted by atomic mass is 10.2. The Morgan fingerprint density at radius 3 is 2.48 bits per heavy atom. The summed E-state index contributed by atoms with van der Waals surface area (Å²) in [7, 11) is 0. The van der Waals surface area contributed by atoms with Crippen LogP contribution in [0, 0.1) is 12.7 Å². The number of benzene rings is 2. The van der Waals surface area contributed by atoms with Gasteiger partial charge in [-0.25, -0.2) is 9.37 Å². The van der Waals surface area contributed by atoms with Crippen molar-refractivity contribution in [2.24, 2.45) is 0 Å². The summed E-state index contributed by atoms with van der Waals surface area (Å²) in [4.78, 5) is 11.6. The number of imidazole rings is 1. The Kier molecular flexibility index (Phi) is 4.48. The largest absolute Gasteiger partial charge is 0.369 e. The predicted molar refractivity (Wildman–Crippen MR) is 114 cm³/mol. The van der Waals surface area contributed by atoms with E-state index in [0.717, 1.165) is 60.0 Å². The van der Waals surface area contributed by atoms with Gasteiger partial charge in [-0.1, -0.05) is 0 Å². The first-order chi connectivity index (χ1) is 14.2. The number of anilines is 1. The van der Waals surface area contributed by atoms with Gasteiger partial charge in [0.25, 0.3) is 0 Å². The van der Waals surface area contributed by atoms with Crippen LogP contribution in [0.25, 0.3) is 28.1 Å². The fourth-order valence-corrected chi connectivity index (χ4v) is 3.91. The molecule has 2 aromatic carbocycles. The molecule has 2 aromatic heterocycles. The quantitative estimate of drug-likeness (QED) is 0.578. The fourth-order valence-electron chi connectivity index (χ4n) is 3.91. The molecule has 5 nitrogen and oxygen atoms in total. The van der Waals surface area contributed by atoms with Crippen LogP contribution in [0.1, 0.15) is 5.69 Å². The molecule has 1 aliphatic rings. The maximum absolute atomic E-state index is 13.5. The smallest absolute Gasteiger partial charge is 0.145 e. The number of nitrogens with one attached hydrogen (secondary N) is 1. The molecular weight excluding hydrogens is 365 g/mol. The monoisotopic (exact) mass is 387 g/mol. The summed E-state index contributed by atoms with van der Waals surface area (Å²) in [5.41, 5.74) is 5.95. The number of hydrogen-bond donors (Lipinski definition) is 1. The minimum absolute atomic E-state index is 0.253. The van der Waals surface area contributed by atoms with Crippen LogP contribution in [0.15, 0.2) is 60.8 Å². The molecule has 146 valence electrons. The Hall–Kier alpha value is -3.25. The summed E-state index contributed by atoms with van der Waals surface area (Å²) >= 11 is 0. The van der Waals surface area contributed by atoms with E-state index in [-0.39, 0.29) is 5.82 Å². The number of piperazine rings is 1. The van der Waals surface area contributed by atoms with E-state index in [0.29, 0.717) is 0 Å². The van der Waals surface area contributed by atoms with Gasteiger partial charge < -0.3 is 10.2 Å². The Morgan fingerprint density at radius 2 is 1.72 bits per heavy atom. The molecule has 4 aromatic rings. The number of hydrogen-bond acceptors (Lipinski definition) is 4. The molecular formula is C23H22FN5. The van der Waals surface area contributed by atoms with Gasteiger partial charge in [-0.2, -0.15) is 0 Å². The molecule has 0 amide bonds. The van der Waals surface area contributed by atoms with E-state index in [1.54, 1.807) is 12.1 Å². The van der Waals surface area contributed by atoms with Crippen molar-refractivity contribution in [1.82, 2.24) is 19.9 Å². The van der Waals surface area contributed by atoms with E-state index in [9.17, 15) is 4.39 Å².